The van der Waals surface area contributed by atoms with Crippen molar-refractivity contribution in [1.29, 1.82) is 5.26 Å². The lowest BCUT2D eigenvalue weighted by atomic mass is 10.2. The number of aromatic nitrogens is 3. The van der Waals surface area contributed by atoms with Gasteiger partial charge in [0.25, 0.3) is 5.56 Å². The number of benzene rings is 1. The number of nitrogens with one attached hydrogen (secondary N) is 2. The standard InChI is InChI=1S/C14H13N5O2S/c1-8-12(20)17-14(19-18-8)22-9(2)13(21)16-11-6-4-3-5-10(11)7-15/h3-6,9H,1-2H3,(H,16,21)(H,17,19,20)/t9-/m1/s1. The molecule has 0 unspecified atom stereocenters. The molecule has 1 aromatic heterocycles. The molecule has 2 aromatic rings. The van der Waals surface area contributed by atoms with Gasteiger partial charge in [0.15, 0.2) is 5.16 Å². The van der Waals surface area contributed by atoms with E-state index in [1.54, 1.807) is 38.1 Å². The molecule has 22 heavy (non-hydrogen) atoms. The maximum absolute atomic E-state index is 12.2. The topological polar surface area (TPSA) is 112 Å². The molecule has 7 nitrogen and oxygen atoms in total. The van der Waals surface area contributed by atoms with Gasteiger partial charge in [0.1, 0.15) is 11.8 Å². The predicted octanol–water partition coefficient (Wildman–Crippen LogP) is 1.46. The van der Waals surface area contributed by atoms with Crippen molar-refractivity contribution < 1.29 is 4.79 Å². The summed E-state index contributed by atoms with van der Waals surface area (Å²) < 4.78 is 0. The van der Waals surface area contributed by atoms with E-state index in [1.165, 1.54) is 0 Å². The number of para-hydroxylation sites is 1. The summed E-state index contributed by atoms with van der Waals surface area (Å²) in [5, 5.41) is 19.0. The van der Waals surface area contributed by atoms with Crippen molar-refractivity contribution in [2.24, 2.45) is 0 Å². The number of aryl methyl sites for hydroxylation is 1. The van der Waals surface area contributed by atoms with Gasteiger partial charge in [-0.2, -0.15) is 5.26 Å². The molecule has 0 aliphatic rings. The predicted molar refractivity (Wildman–Crippen MR) is 82.5 cm³/mol. The fraction of sp³-hybridized carbons (Fsp3) is 0.214. The third-order valence-electron chi connectivity index (χ3n) is 2.80. The third kappa shape index (κ3) is 3.71. The van der Waals surface area contributed by atoms with E-state index in [0.29, 0.717) is 11.3 Å². The van der Waals surface area contributed by atoms with E-state index in [-0.39, 0.29) is 22.3 Å². The lowest BCUT2D eigenvalue weighted by molar-refractivity contribution is -0.115. The molecule has 0 aliphatic heterocycles. The van der Waals surface area contributed by atoms with Gasteiger partial charge in [-0.1, -0.05) is 23.9 Å². The highest BCUT2D eigenvalue weighted by Crippen LogP contribution is 2.20. The molecule has 2 rings (SSSR count). The van der Waals surface area contributed by atoms with Gasteiger partial charge in [0.05, 0.1) is 16.5 Å². The summed E-state index contributed by atoms with van der Waals surface area (Å²) in [7, 11) is 0. The maximum atomic E-state index is 12.2. The number of aromatic amines is 1. The molecule has 8 heteroatoms. The number of nitrogens with zero attached hydrogens (tertiary/aromatic N) is 3. The highest BCUT2D eigenvalue weighted by molar-refractivity contribution is 8.00. The number of carbonyl (C=O) groups is 1. The number of H-pyrrole nitrogens is 1. The van der Waals surface area contributed by atoms with Gasteiger partial charge in [-0.3, -0.25) is 14.6 Å². The van der Waals surface area contributed by atoms with Gasteiger partial charge in [0, 0.05) is 0 Å². The second kappa shape index (κ2) is 6.87. The Labute approximate surface area is 130 Å². The first-order valence-corrected chi connectivity index (χ1v) is 7.29. The van der Waals surface area contributed by atoms with Crippen molar-refractivity contribution in [2.45, 2.75) is 24.3 Å². The molecule has 0 fully saturated rings. The van der Waals surface area contributed by atoms with Crippen LogP contribution in [0, 0.1) is 18.3 Å². The minimum atomic E-state index is -0.514. The summed E-state index contributed by atoms with van der Waals surface area (Å²) >= 11 is 1.08. The Balaban J connectivity index is 2.08. The van der Waals surface area contributed by atoms with Gasteiger partial charge in [0.2, 0.25) is 5.91 Å². The van der Waals surface area contributed by atoms with Crippen LogP contribution in [-0.2, 0) is 4.79 Å². The smallest absolute Gasteiger partial charge is 0.273 e. The average molecular weight is 315 g/mol. The number of anilines is 1. The van der Waals surface area contributed by atoms with E-state index in [4.69, 9.17) is 5.26 Å². The Bertz CT molecular complexity index is 796. The van der Waals surface area contributed by atoms with E-state index in [1.807, 2.05) is 6.07 Å². The Morgan fingerprint density at radius 3 is 2.82 bits per heavy atom. The SMILES string of the molecule is Cc1nnc(S[C@H](C)C(=O)Nc2ccccc2C#N)[nH]c1=O. The molecule has 0 radical (unpaired) electrons. The highest BCUT2D eigenvalue weighted by Gasteiger charge is 2.17. The van der Waals surface area contributed by atoms with E-state index >= 15 is 0 Å². The first-order chi connectivity index (χ1) is 10.5. The summed E-state index contributed by atoms with van der Waals surface area (Å²) in [6.45, 7) is 3.23. The highest BCUT2D eigenvalue weighted by atomic mass is 32.2. The number of thioether (sulfide) groups is 1. The second-order valence-electron chi connectivity index (χ2n) is 4.45. The molecule has 1 amide bonds. The number of carbonyl (C=O) groups excluding carboxylic acids is 1. The minimum absolute atomic E-state index is 0.268. The van der Waals surface area contributed by atoms with Crippen LogP contribution in [0.25, 0.3) is 0 Å². The van der Waals surface area contributed by atoms with Crippen LogP contribution in [0.3, 0.4) is 0 Å². The van der Waals surface area contributed by atoms with Crippen molar-refractivity contribution in [3.63, 3.8) is 0 Å². The van der Waals surface area contributed by atoms with Gasteiger partial charge in [-0.05, 0) is 26.0 Å². The Morgan fingerprint density at radius 2 is 2.14 bits per heavy atom. The van der Waals surface area contributed by atoms with Crippen LogP contribution in [0.5, 0.6) is 0 Å². The molecular formula is C14H13N5O2S. The number of nitriles is 1. The summed E-state index contributed by atoms with van der Waals surface area (Å²) in [6.07, 6.45) is 0. The van der Waals surface area contributed by atoms with Gasteiger partial charge >= 0.3 is 0 Å². The fourth-order valence-electron chi connectivity index (χ4n) is 1.58. The Morgan fingerprint density at radius 1 is 1.41 bits per heavy atom. The molecule has 112 valence electrons. The molecule has 0 saturated heterocycles. The number of hydrogen-bond acceptors (Lipinski definition) is 6. The van der Waals surface area contributed by atoms with Crippen LogP contribution >= 0.6 is 11.8 Å². The third-order valence-corrected chi connectivity index (χ3v) is 3.78. The van der Waals surface area contributed by atoms with Crippen molar-refractivity contribution >= 4 is 23.4 Å². The summed E-state index contributed by atoms with van der Waals surface area (Å²) in [4.78, 5) is 26.2. The van der Waals surface area contributed by atoms with E-state index in [2.05, 4.69) is 20.5 Å². The van der Waals surface area contributed by atoms with E-state index in [0.717, 1.165) is 11.8 Å². The first-order valence-electron chi connectivity index (χ1n) is 6.41. The first kappa shape index (κ1) is 15.7. The fourth-order valence-corrected chi connectivity index (χ4v) is 2.32. The summed E-state index contributed by atoms with van der Waals surface area (Å²) in [6, 6.07) is 8.74. The Kier molecular flexibility index (Phi) is 4.91. The van der Waals surface area contributed by atoms with Gasteiger partial charge in [-0.15, -0.1) is 10.2 Å². The molecule has 0 bridgehead atoms. The van der Waals surface area contributed by atoms with Crippen molar-refractivity contribution in [3.8, 4) is 6.07 Å². The molecular weight excluding hydrogens is 302 g/mol. The average Bonchev–Trinajstić information content (AvgIpc) is 2.51. The number of rotatable bonds is 4. The summed E-state index contributed by atoms with van der Waals surface area (Å²) in [5.74, 6) is -0.295. The van der Waals surface area contributed by atoms with Gasteiger partial charge < -0.3 is 5.32 Å². The number of amides is 1. The molecule has 0 spiro atoms. The van der Waals surface area contributed by atoms with E-state index in [9.17, 15) is 9.59 Å². The zero-order valence-electron chi connectivity index (χ0n) is 12.0. The van der Waals surface area contributed by atoms with Crippen LogP contribution in [0.15, 0.2) is 34.2 Å². The zero-order valence-corrected chi connectivity index (χ0v) is 12.8. The maximum Gasteiger partial charge on any atom is 0.273 e. The zero-order chi connectivity index (χ0) is 16.1. The largest absolute Gasteiger partial charge is 0.324 e. The van der Waals surface area contributed by atoms with Crippen LogP contribution in [-0.4, -0.2) is 26.3 Å². The monoisotopic (exact) mass is 315 g/mol. The lowest BCUT2D eigenvalue weighted by Gasteiger charge is -2.11. The van der Waals surface area contributed by atoms with Crippen LogP contribution in [0.4, 0.5) is 5.69 Å². The lowest BCUT2D eigenvalue weighted by Crippen LogP contribution is -2.24. The van der Waals surface area contributed by atoms with Gasteiger partial charge in [-0.25, -0.2) is 0 Å². The molecule has 1 aromatic carbocycles. The molecule has 0 saturated carbocycles. The Hall–Kier alpha value is -2.66. The number of hydrogen-bond donors (Lipinski definition) is 2. The van der Waals surface area contributed by atoms with Crippen molar-refractivity contribution in [2.75, 3.05) is 5.32 Å². The quantitative estimate of drug-likeness (QED) is 0.826. The molecule has 1 atom stereocenters. The summed E-state index contributed by atoms with van der Waals surface area (Å²) in [5.41, 5.74) is 0.770. The minimum Gasteiger partial charge on any atom is -0.324 e. The van der Waals surface area contributed by atoms with Crippen LogP contribution in [0.2, 0.25) is 0 Å². The normalized spacial score (nSPS) is 11.5. The molecule has 2 N–H and O–H groups in total. The van der Waals surface area contributed by atoms with Crippen LogP contribution < -0.4 is 10.9 Å². The second-order valence-corrected chi connectivity index (χ2v) is 5.78. The van der Waals surface area contributed by atoms with Crippen LogP contribution in [0.1, 0.15) is 18.2 Å². The van der Waals surface area contributed by atoms with Crippen molar-refractivity contribution in [1.82, 2.24) is 15.2 Å². The molecule has 1 heterocycles. The molecule has 0 aliphatic carbocycles. The van der Waals surface area contributed by atoms with Crippen molar-refractivity contribution in [3.05, 3.63) is 45.9 Å². The van der Waals surface area contributed by atoms with E-state index < -0.39 is 5.25 Å².